The van der Waals surface area contributed by atoms with E-state index in [1.165, 1.54) is 0 Å². The van der Waals surface area contributed by atoms with Crippen LogP contribution in [0.2, 0.25) is 0 Å². The molecular formula is C25H23N5O4. The van der Waals surface area contributed by atoms with Crippen molar-refractivity contribution in [1.82, 2.24) is 25.1 Å². The Morgan fingerprint density at radius 1 is 1.15 bits per heavy atom. The lowest BCUT2D eigenvalue weighted by Gasteiger charge is -2.29. The van der Waals surface area contributed by atoms with Gasteiger partial charge in [0.1, 0.15) is 17.6 Å². The number of aryl methyl sites for hydroxylation is 2. The average Bonchev–Trinajstić information content (AvgIpc) is 3.57. The fourth-order valence-corrected chi connectivity index (χ4v) is 5.80. The summed E-state index contributed by atoms with van der Waals surface area (Å²) in [5, 5.41) is 22.5. The van der Waals surface area contributed by atoms with Crippen molar-refractivity contribution >= 4 is 11.9 Å². The molecule has 0 saturated carbocycles. The molecule has 0 aliphatic carbocycles. The van der Waals surface area contributed by atoms with Crippen LogP contribution < -0.4 is 0 Å². The van der Waals surface area contributed by atoms with Gasteiger partial charge >= 0.3 is 5.97 Å². The first-order chi connectivity index (χ1) is 16.4. The molecule has 1 amide bonds. The number of tetrazole rings is 1. The quantitative estimate of drug-likeness (QED) is 0.585. The van der Waals surface area contributed by atoms with Gasteiger partial charge in [-0.3, -0.25) is 9.59 Å². The van der Waals surface area contributed by atoms with Crippen molar-refractivity contribution in [1.29, 1.82) is 0 Å². The van der Waals surface area contributed by atoms with Gasteiger partial charge in [0.2, 0.25) is 5.91 Å². The van der Waals surface area contributed by atoms with Crippen molar-refractivity contribution in [3.63, 3.8) is 0 Å². The molecule has 2 bridgehead atoms. The zero-order valence-corrected chi connectivity index (χ0v) is 18.7. The maximum absolute atomic E-state index is 13.8. The molecule has 1 aromatic heterocycles. The summed E-state index contributed by atoms with van der Waals surface area (Å²) in [6, 6.07) is 14.9. The van der Waals surface area contributed by atoms with Crippen molar-refractivity contribution in [2.24, 2.45) is 11.8 Å². The van der Waals surface area contributed by atoms with Gasteiger partial charge in [0.25, 0.3) is 0 Å². The number of carboxylic acid groups (broad SMARTS) is 1. The summed E-state index contributed by atoms with van der Waals surface area (Å²) in [5.74, 6) is -2.49. The number of benzene rings is 2. The molecule has 9 nitrogen and oxygen atoms in total. The van der Waals surface area contributed by atoms with Crippen molar-refractivity contribution in [3.8, 4) is 5.69 Å². The molecule has 5 atom stereocenters. The molecule has 0 unspecified atom stereocenters. The summed E-state index contributed by atoms with van der Waals surface area (Å²) in [5.41, 5.74) is 2.74. The monoisotopic (exact) mass is 457 g/mol. The number of ether oxygens (including phenoxy) is 1. The number of para-hydroxylation sites is 1. The van der Waals surface area contributed by atoms with Gasteiger partial charge in [-0.05, 0) is 41.0 Å². The highest BCUT2D eigenvalue weighted by Gasteiger charge is 2.68. The van der Waals surface area contributed by atoms with E-state index in [1.54, 1.807) is 15.7 Å². The van der Waals surface area contributed by atoms with Crippen LogP contribution >= 0.6 is 0 Å². The van der Waals surface area contributed by atoms with Crippen molar-refractivity contribution in [3.05, 3.63) is 83.2 Å². The first-order valence-electron chi connectivity index (χ1n) is 11.2. The number of carbonyl (C=O) groups is 2. The van der Waals surface area contributed by atoms with Crippen LogP contribution in [0.25, 0.3) is 5.69 Å². The molecule has 34 heavy (non-hydrogen) atoms. The second-order valence-electron chi connectivity index (χ2n) is 9.21. The van der Waals surface area contributed by atoms with Crippen LogP contribution in [0.4, 0.5) is 0 Å². The summed E-state index contributed by atoms with van der Waals surface area (Å²) in [6.45, 7) is 4.21. The predicted molar refractivity (Wildman–Crippen MR) is 120 cm³/mol. The Bertz CT molecular complexity index is 1320. The number of aromatic nitrogens is 4. The van der Waals surface area contributed by atoms with E-state index in [-0.39, 0.29) is 12.5 Å². The van der Waals surface area contributed by atoms with E-state index < -0.39 is 35.6 Å². The Kier molecular flexibility index (Phi) is 4.47. The van der Waals surface area contributed by atoms with Gasteiger partial charge < -0.3 is 14.7 Å². The highest BCUT2D eigenvalue weighted by molar-refractivity contribution is 5.91. The minimum Gasteiger partial charge on any atom is -0.481 e. The van der Waals surface area contributed by atoms with Crippen LogP contribution in [0.3, 0.4) is 0 Å². The van der Waals surface area contributed by atoms with Crippen LogP contribution in [-0.2, 0) is 14.3 Å². The smallest absolute Gasteiger partial charge is 0.310 e. The average molecular weight is 457 g/mol. The van der Waals surface area contributed by atoms with Crippen molar-refractivity contribution in [2.45, 2.75) is 31.6 Å². The second-order valence-corrected chi connectivity index (χ2v) is 9.21. The largest absolute Gasteiger partial charge is 0.481 e. The number of aliphatic carboxylic acids is 1. The number of rotatable bonds is 5. The SMILES string of the molecule is Cc1cccc(C)c1-n1nnnc1[C@@H](c1ccccc1)N1C[C@@]23C=C[C@@H](O2)[C@H](C(=O)O)[C@@H]3C1=O. The Morgan fingerprint density at radius 3 is 2.59 bits per heavy atom. The molecule has 1 N–H and O–H groups in total. The van der Waals surface area contributed by atoms with E-state index in [1.807, 2.05) is 68.5 Å². The topological polar surface area (TPSA) is 110 Å². The third-order valence-corrected chi connectivity index (χ3v) is 7.23. The van der Waals surface area contributed by atoms with Gasteiger partial charge in [0.05, 0.1) is 24.3 Å². The number of hydrogen-bond donors (Lipinski definition) is 1. The van der Waals surface area contributed by atoms with Gasteiger partial charge in [-0.15, -0.1) is 5.10 Å². The Hall–Kier alpha value is -3.85. The van der Waals surface area contributed by atoms with Crippen LogP contribution in [0.15, 0.2) is 60.7 Å². The first kappa shape index (κ1) is 20.7. The highest BCUT2D eigenvalue weighted by Crippen LogP contribution is 2.53. The van der Waals surface area contributed by atoms with E-state index in [0.29, 0.717) is 5.82 Å². The van der Waals surface area contributed by atoms with Gasteiger partial charge in [0.15, 0.2) is 5.82 Å². The van der Waals surface area contributed by atoms with Gasteiger partial charge in [-0.25, -0.2) is 0 Å². The highest BCUT2D eigenvalue weighted by atomic mass is 16.5. The summed E-state index contributed by atoms with van der Waals surface area (Å²) in [4.78, 5) is 27.6. The van der Waals surface area contributed by atoms with Gasteiger partial charge in [-0.2, -0.15) is 4.68 Å². The summed E-state index contributed by atoms with van der Waals surface area (Å²) in [7, 11) is 0. The molecule has 3 aliphatic heterocycles. The molecular weight excluding hydrogens is 434 g/mol. The number of hydrogen-bond acceptors (Lipinski definition) is 6. The molecule has 4 heterocycles. The van der Waals surface area contributed by atoms with E-state index >= 15 is 0 Å². The number of fused-ring (bicyclic) bond motifs is 1. The van der Waals surface area contributed by atoms with Crippen LogP contribution in [0, 0.1) is 25.7 Å². The fraction of sp³-hybridized carbons (Fsp3) is 0.320. The minimum absolute atomic E-state index is 0.229. The number of nitrogens with zero attached hydrogens (tertiary/aromatic N) is 5. The molecule has 2 aromatic carbocycles. The lowest BCUT2D eigenvalue weighted by Crippen LogP contribution is -2.39. The van der Waals surface area contributed by atoms with Crippen LogP contribution in [0.5, 0.6) is 0 Å². The Balaban J connectivity index is 1.50. The molecule has 9 heteroatoms. The van der Waals surface area contributed by atoms with E-state index in [9.17, 15) is 14.7 Å². The molecule has 3 aliphatic rings. The summed E-state index contributed by atoms with van der Waals surface area (Å²) in [6.07, 6.45) is 3.05. The molecule has 6 rings (SSSR count). The normalized spacial score (nSPS) is 27.9. The first-order valence-corrected chi connectivity index (χ1v) is 11.2. The molecule has 2 saturated heterocycles. The van der Waals surface area contributed by atoms with E-state index in [2.05, 4.69) is 15.5 Å². The standard InChI is InChI=1S/C25H23N5O4/c1-14-7-6-8-15(2)20(14)30-22(26-27-28-30)21(16-9-4-3-5-10-16)29-13-25-12-11-17(34-25)18(24(32)33)19(25)23(29)31/h3-12,17-19,21H,13H2,1-2H3,(H,32,33)/t17-,18+,19-,21-,25-/m1/s1. The number of carboxylic acids is 1. The third-order valence-electron chi connectivity index (χ3n) is 7.23. The van der Waals surface area contributed by atoms with Crippen LogP contribution in [0.1, 0.15) is 28.6 Å². The molecule has 0 radical (unpaired) electrons. The van der Waals surface area contributed by atoms with Gasteiger partial charge in [-0.1, -0.05) is 60.7 Å². The number of carbonyl (C=O) groups excluding carboxylic acids is 1. The number of amides is 1. The molecule has 1 spiro atoms. The maximum atomic E-state index is 13.8. The molecule has 172 valence electrons. The lowest BCUT2D eigenvalue weighted by atomic mass is 9.77. The zero-order chi connectivity index (χ0) is 23.6. The summed E-state index contributed by atoms with van der Waals surface area (Å²) < 4.78 is 7.79. The van der Waals surface area contributed by atoms with E-state index in [4.69, 9.17) is 4.74 Å². The Labute approximate surface area is 195 Å². The van der Waals surface area contributed by atoms with Crippen molar-refractivity contribution < 1.29 is 19.4 Å². The van der Waals surface area contributed by atoms with E-state index in [0.717, 1.165) is 22.4 Å². The lowest BCUT2D eigenvalue weighted by molar-refractivity contribution is -0.148. The predicted octanol–water partition coefficient (Wildman–Crippen LogP) is 2.24. The van der Waals surface area contributed by atoms with Crippen LogP contribution in [-0.4, -0.2) is 60.3 Å². The van der Waals surface area contributed by atoms with Gasteiger partial charge in [0, 0.05) is 0 Å². The summed E-state index contributed by atoms with van der Waals surface area (Å²) >= 11 is 0. The van der Waals surface area contributed by atoms with Crippen molar-refractivity contribution in [2.75, 3.05) is 6.54 Å². The minimum atomic E-state index is -1.02. The molecule has 2 fully saturated rings. The fourth-order valence-electron chi connectivity index (χ4n) is 5.80. The molecule has 3 aromatic rings. The zero-order valence-electron chi connectivity index (χ0n) is 18.7. The second kappa shape index (κ2) is 7.33. The number of likely N-dealkylation sites (tertiary alicyclic amines) is 1. The Morgan fingerprint density at radius 2 is 1.88 bits per heavy atom. The maximum Gasteiger partial charge on any atom is 0.310 e. The third kappa shape index (κ3) is 2.80.